The Labute approximate surface area is 213 Å². The number of rotatable bonds is 7. The van der Waals surface area contributed by atoms with E-state index in [9.17, 15) is 18.0 Å². The highest BCUT2D eigenvalue weighted by Crippen LogP contribution is 2.41. The van der Waals surface area contributed by atoms with Crippen LogP contribution in [0, 0.1) is 5.92 Å². The SMILES string of the molecule is CC(C1CC1)N1Cc2cc(-c3ccn4nc(N)c(C(=O)NC5COC5)c4n3)cc(NS(C)(=O)=O)c2C1=O. The highest BCUT2D eigenvalue weighted by atomic mass is 32.2. The first-order valence-corrected chi connectivity index (χ1v) is 14.0. The van der Waals surface area contributed by atoms with E-state index in [2.05, 4.69) is 20.1 Å². The minimum Gasteiger partial charge on any atom is -0.381 e. The van der Waals surface area contributed by atoms with E-state index < -0.39 is 15.9 Å². The summed E-state index contributed by atoms with van der Waals surface area (Å²) in [5.41, 5.74) is 8.85. The topological polar surface area (TPSA) is 161 Å². The lowest BCUT2D eigenvalue weighted by molar-refractivity contribution is -0.00342. The molecule has 1 unspecified atom stereocenters. The van der Waals surface area contributed by atoms with Crippen molar-refractivity contribution in [3.05, 3.63) is 41.1 Å². The van der Waals surface area contributed by atoms with Crippen LogP contribution in [0.5, 0.6) is 0 Å². The van der Waals surface area contributed by atoms with Crippen molar-refractivity contribution >= 4 is 39.0 Å². The van der Waals surface area contributed by atoms with Gasteiger partial charge < -0.3 is 20.7 Å². The summed E-state index contributed by atoms with van der Waals surface area (Å²) in [6.45, 7) is 3.29. The average Bonchev–Trinajstić information content (AvgIpc) is 3.52. The predicted molar refractivity (Wildman–Crippen MR) is 135 cm³/mol. The van der Waals surface area contributed by atoms with Crippen molar-refractivity contribution in [1.82, 2.24) is 24.8 Å². The van der Waals surface area contributed by atoms with Crippen LogP contribution in [0.25, 0.3) is 16.9 Å². The number of carbonyl (C=O) groups is 2. The number of nitrogens with one attached hydrogen (secondary N) is 2. The summed E-state index contributed by atoms with van der Waals surface area (Å²) in [5.74, 6) is -0.0604. The molecule has 0 radical (unpaired) electrons. The number of nitrogens with zero attached hydrogens (tertiary/aromatic N) is 4. The van der Waals surface area contributed by atoms with Crippen LogP contribution in [0.4, 0.5) is 11.5 Å². The lowest BCUT2D eigenvalue weighted by Gasteiger charge is -2.26. The van der Waals surface area contributed by atoms with Gasteiger partial charge in [-0.25, -0.2) is 17.9 Å². The third-order valence-electron chi connectivity index (χ3n) is 7.13. The van der Waals surface area contributed by atoms with E-state index >= 15 is 0 Å². The molecule has 1 saturated heterocycles. The summed E-state index contributed by atoms with van der Waals surface area (Å²) in [4.78, 5) is 32.7. The molecule has 12 nitrogen and oxygen atoms in total. The largest absolute Gasteiger partial charge is 0.381 e. The van der Waals surface area contributed by atoms with Crippen LogP contribution in [-0.4, -0.2) is 71.3 Å². The number of benzene rings is 1. The number of carbonyl (C=O) groups excluding carboxylic acids is 2. The Balaban J connectivity index is 1.42. The van der Waals surface area contributed by atoms with Gasteiger partial charge in [0.1, 0.15) is 5.56 Å². The number of sulfonamides is 1. The summed E-state index contributed by atoms with van der Waals surface area (Å²) < 4.78 is 33.4. The lowest BCUT2D eigenvalue weighted by atomic mass is 10.0. The zero-order chi connectivity index (χ0) is 26.1. The van der Waals surface area contributed by atoms with Crippen LogP contribution in [-0.2, 0) is 21.3 Å². The minimum absolute atomic E-state index is 0.0473. The number of anilines is 2. The van der Waals surface area contributed by atoms with Gasteiger partial charge in [-0.05, 0) is 49.4 Å². The molecule has 1 aromatic carbocycles. The van der Waals surface area contributed by atoms with E-state index in [1.807, 2.05) is 13.0 Å². The van der Waals surface area contributed by atoms with Gasteiger partial charge in [-0.3, -0.25) is 14.3 Å². The maximum Gasteiger partial charge on any atom is 0.259 e. The molecule has 2 amide bonds. The Kier molecular flexibility index (Phi) is 5.38. The molecule has 1 saturated carbocycles. The Morgan fingerprint density at radius 2 is 2.03 bits per heavy atom. The number of ether oxygens (including phenoxy) is 1. The van der Waals surface area contributed by atoms with Gasteiger partial charge in [0.2, 0.25) is 10.0 Å². The molecule has 3 aliphatic rings. The van der Waals surface area contributed by atoms with Crippen LogP contribution in [0.15, 0.2) is 24.4 Å². The summed E-state index contributed by atoms with van der Waals surface area (Å²) in [7, 11) is -3.66. The zero-order valence-corrected chi connectivity index (χ0v) is 21.2. The minimum atomic E-state index is -3.66. The lowest BCUT2D eigenvalue weighted by Crippen LogP contribution is -2.48. The number of hydrogen-bond acceptors (Lipinski definition) is 8. The molecule has 37 heavy (non-hydrogen) atoms. The van der Waals surface area contributed by atoms with Crippen molar-refractivity contribution in [2.24, 2.45) is 5.92 Å². The van der Waals surface area contributed by atoms with Crippen molar-refractivity contribution in [2.75, 3.05) is 29.9 Å². The second-order valence-electron chi connectivity index (χ2n) is 9.99. The van der Waals surface area contributed by atoms with E-state index in [0.717, 1.165) is 24.7 Å². The van der Waals surface area contributed by atoms with E-state index in [4.69, 9.17) is 10.5 Å². The first-order valence-electron chi connectivity index (χ1n) is 12.1. The number of nitrogen functional groups attached to an aromatic ring is 1. The van der Waals surface area contributed by atoms with Crippen molar-refractivity contribution in [3.63, 3.8) is 0 Å². The molecular formula is C24H27N7O5S. The molecule has 13 heteroatoms. The molecule has 1 atom stereocenters. The third kappa shape index (κ3) is 4.27. The van der Waals surface area contributed by atoms with Gasteiger partial charge in [0.25, 0.3) is 11.8 Å². The maximum atomic E-state index is 13.3. The van der Waals surface area contributed by atoms with E-state index in [0.29, 0.717) is 42.5 Å². The van der Waals surface area contributed by atoms with Gasteiger partial charge in [-0.1, -0.05) is 0 Å². The number of nitrogens with two attached hydrogens (primary N) is 1. The first-order chi connectivity index (χ1) is 17.6. The normalized spacial score (nSPS) is 18.5. The number of amides is 2. The van der Waals surface area contributed by atoms with Crippen molar-refractivity contribution in [3.8, 4) is 11.3 Å². The fraction of sp³-hybridized carbons (Fsp3) is 0.417. The Morgan fingerprint density at radius 3 is 2.68 bits per heavy atom. The highest BCUT2D eigenvalue weighted by molar-refractivity contribution is 7.92. The molecule has 2 aromatic heterocycles. The molecule has 2 fully saturated rings. The molecule has 1 aliphatic carbocycles. The standard InChI is InChI=1S/C24H27N7O5S/c1-12(13-3-4-13)30-9-15-7-14(8-18(19(15)24(30)33)29-37(2,34)35)17-5-6-31-22(27-17)20(21(25)28-31)23(32)26-16-10-36-11-16/h5-8,12-13,16,29H,3-4,9-11H2,1-2H3,(H2,25,28)(H,26,32). The molecule has 0 bridgehead atoms. The number of aromatic nitrogens is 3. The molecule has 4 heterocycles. The molecule has 3 aromatic rings. The molecule has 6 rings (SSSR count). The van der Waals surface area contributed by atoms with Gasteiger partial charge >= 0.3 is 0 Å². The first kappa shape index (κ1) is 23.7. The third-order valence-corrected chi connectivity index (χ3v) is 7.73. The zero-order valence-electron chi connectivity index (χ0n) is 20.4. The monoisotopic (exact) mass is 525 g/mol. The predicted octanol–water partition coefficient (Wildman–Crippen LogP) is 1.23. The fourth-order valence-corrected chi connectivity index (χ4v) is 5.53. The fourth-order valence-electron chi connectivity index (χ4n) is 4.97. The van der Waals surface area contributed by atoms with Gasteiger partial charge in [-0.15, -0.1) is 5.10 Å². The molecular weight excluding hydrogens is 498 g/mol. The van der Waals surface area contributed by atoms with E-state index in [1.54, 1.807) is 23.2 Å². The van der Waals surface area contributed by atoms with Crippen molar-refractivity contribution < 1.29 is 22.7 Å². The second-order valence-corrected chi connectivity index (χ2v) is 11.7. The summed E-state index contributed by atoms with van der Waals surface area (Å²) >= 11 is 0. The molecule has 194 valence electrons. The summed E-state index contributed by atoms with van der Waals surface area (Å²) in [5, 5.41) is 7.06. The molecule has 0 spiro atoms. The summed E-state index contributed by atoms with van der Waals surface area (Å²) in [6, 6.07) is 5.14. The quantitative estimate of drug-likeness (QED) is 0.415. The van der Waals surface area contributed by atoms with Gasteiger partial charge in [0, 0.05) is 24.3 Å². The van der Waals surface area contributed by atoms with E-state index in [1.165, 1.54) is 4.52 Å². The van der Waals surface area contributed by atoms with Crippen LogP contribution < -0.4 is 15.8 Å². The Bertz CT molecular complexity index is 1560. The van der Waals surface area contributed by atoms with Crippen LogP contribution >= 0.6 is 0 Å². The molecule has 4 N–H and O–H groups in total. The Morgan fingerprint density at radius 1 is 1.27 bits per heavy atom. The average molecular weight is 526 g/mol. The second kappa shape index (κ2) is 8.42. The number of hydrogen-bond donors (Lipinski definition) is 3. The van der Waals surface area contributed by atoms with Crippen molar-refractivity contribution in [1.29, 1.82) is 0 Å². The smallest absolute Gasteiger partial charge is 0.259 e. The van der Waals surface area contributed by atoms with Crippen molar-refractivity contribution in [2.45, 2.75) is 38.4 Å². The van der Waals surface area contributed by atoms with Crippen LogP contribution in [0.2, 0.25) is 0 Å². The summed E-state index contributed by atoms with van der Waals surface area (Å²) in [6.07, 6.45) is 4.86. The number of fused-ring (bicyclic) bond motifs is 2. The van der Waals surface area contributed by atoms with Crippen LogP contribution in [0.1, 0.15) is 46.0 Å². The highest BCUT2D eigenvalue weighted by Gasteiger charge is 2.40. The van der Waals surface area contributed by atoms with Crippen LogP contribution in [0.3, 0.4) is 0 Å². The molecule has 2 aliphatic heterocycles. The van der Waals surface area contributed by atoms with Gasteiger partial charge in [0.15, 0.2) is 11.5 Å². The Hall–Kier alpha value is -3.71. The van der Waals surface area contributed by atoms with Gasteiger partial charge in [-0.2, -0.15) is 0 Å². The van der Waals surface area contributed by atoms with E-state index in [-0.39, 0.29) is 40.7 Å². The van der Waals surface area contributed by atoms with Gasteiger partial charge in [0.05, 0.1) is 42.5 Å². The maximum absolute atomic E-state index is 13.3.